The molecular weight excluding hydrogens is 477 g/mol. The first-order valence-electron chi connectivity index (χ1n) is 11.7. The Morgan fingerprint density at radius 3 is 2.48 bits per heavy atom. The van der Waals surface area contributed by atoms with Crippen LogP contribution < -0.4 is 10.6 Å². The lowest BCUT2D eigenvalue weighted by molar-refractivity contribution is -0.134. The van der Waals surface area contributed by atoms with Gasteiger partial charge in [-0.2, -0.15) is 0 Å². The smallest absolute Gasteiger partial charge is 0.225 e. The summed E-state index contributed by atoms with van der Waals surface area (Å²) in [5, 5.41) is 6.97. The first-order chi connectivity index (χ1) is 13.7. The van der Waals surface area contributed by atoms with Crippen molar-refractivity contribution in [3.05, 3.63) is 0 Å². The average Bonchev–Trinajstić information content (AvgIpc) is 3.39. The fourth-order valence-electron chi connectivity index (χ4n) is 4.91. The number of nitrogens with one attached hydrogen (secondary N) is 2. The van der Waals surface area contributed by atoms with Crippen LogP contribution in [0.15, 0.2) is 4.99 Å². The molecule has 3 rings (SSSR count). The predicted molar refractivity (Wildman–Crippen MR) is 131 cm³/mol. The minimum atomic E-state index is 0. The van der Waals surface area contributed by atoms with Crippen LogP contribution in [0, 0.1) is 11.8 Å². The quantitative estimate of drug-likeness (QED) is 0.309. The zero-order valence-electron chi connectivity index (χ0n) is 18.5. The van der Waals surface area contributed by atoms with Gasteiger partial charge in [0.2, 0.25) is 5.91 Å². The SMILES string of the molecule is CCNC(=NCC(C)CN1CCCCC1)NC1CCN(C(=O)C2CCCC2)C1.I. The minimum absolute atomic E-state index is 0. The summed E-state index contributed by atoms with van der Waals surface area (Å²) in [6.45, 7) is 11.5. The van der Waals surface area contributed by atoms with Gasteiger partial charge in [0, 0.05) is 44.7 Å². The summed E-state index contributed by atoms with van der Waals surface area (Å²) >= 11 is 0. The normalized spacial score (nSPS) is 25.0. The molecule has 2 saturated heterocycles. The molecule has 2 N–H and O–H groups in total. The Balaban J connectivity index is 0.00000300. The van der Waals surface area contributed by atoms with Gasteiger partial charge in [-0.05, 0) is 58.0 Å². The average molecular weight is 520 g/mol. The van der Waals surface area contributed by atoms with Crippen molar-refractivity contribution in [2.24, 2.45) is 16.8 Å². The van der Waals surface area contributed by atoms with Crippen molar-refractivity contribution < 1.29 is 4.79 Å². The number of aliphatic imine (C=N–C) groups is 1. The van der Waals surface area contributed by atoms with Gasteiger partial charge < -0.3 is 20.4 Å². The highest BCUT2D eigenvalue weighted by Gasteiger charge is 2.32. The van der Waals surface area contributed by atoms with Gasteiger partial charge >= 0.3 is 0 Å². The maximum Gasteiger partial charge on any atom is 0.225 e. The molecule has 3 aliphatic rings. The van der Waals surface area contributed by atoms with E-state index in [1.165, 1.54) is 45.2 Å². The Labute approximate surface area is 194 Å². The van der Waals surface area contributed by atoms with E-state index in [1.54, 1.807) is 0 Å². The largest absolute Gasteiger partial charge is 0.357 e. The molecule has 6 nitrogen and oxygen atoms in total. The Kier molecular flexibility index (Phi) is 11.0. The Morgan fingerprint density at radius 2 is 1.79 bits per heavy atom. The minimum Gasteiger partial charge on any atom is -0.357 e. The third kappa shape index (κ3) is 7.89. The molecule has 2 heterocycles. The van der Waals surface area contributed by atoms with Gasteiger partial charge in [-0.1, -0.05) is 26.2 Å². The number of likely N-dealkylation sites (tertiary alicyclic amines) is 2. The number of nitrogens with zero attached hydrogens (tertiary/aromatic N) is 3. The molecule has 0 bridgehead atoms. The van der Waals surface area contributed by atoms with E-state index in [-0.39, 0.29) is 29.9 Å². The van der Waals surface area contributed by atoms with Crippen LogP contribution in [-0.4, -0.2) is 73.5 Å². The van der Waals surface area contributed by atoms with Crippen LogP contribution in [0.3, 0.4) is 0 Å². The van der Waals surface area contributed by atoms with Crippen molar-refractivity contribution in [1.82, 2.24) is 20.4 Å². The van der Waals surface area contributed by atoms with Gasteiger partial charge in [-0.3, -0.25) is 9.79 Å². The highest BCUT2D eigenvalue weighted by molar-refractivity contribution is 14.0. The summed E-state index contributed by atoms with van der Waals surface area (Å²) < 4.78 is 0. The fourth-order valence-corrected chi connectivity index (χ4v) is 4.91. The van der Waals surface area contributed by atoms with E-state index in [0.29, 0.717) is 17.9 Å². The molecular formula is C22H42IN5O. The van der Waals surface area contributed by atoms with Gasteiger partial charge in [0.25, 0.3) is 0 Å². The molecule has 168 valence electrons. The van der Waals surface area contributed by atoms with E-state index in [1.807, 2.05) is 0 Å². The van der Waals surface area contributed by atoms with Gasteiger partial charge in [0.05, 0.1) is 0 Å². The Bertz CT molecular complexity index is 517. The second kappa shape index (κ2) is 13.0. The topological polar surface area (TPSA) is 60.0 Å². The molecule has 29 heavy (non-hydrogen) atoms. The highest BCUT2D eigenvalue weighted by atomic mass is 127. The maximum atomic E-state index is 12.7. The lowest BCUT2D eigenvalue weighted by Gasteiger charge is -2.28. The van der Waals surface area contributed by atoms with Crippen LogP contribution in [0.25, 0.3) is 0 Å². The monoisotopic (exact) mass is 519 g/mol. The van der Waals surface area contributed by atoms with Crippen LogP contribution in [-0.2, 0) is 4.79 Å². The zero-order valence-corrected chi connectivity index (χ0v) is 20.8. The molecule has 0 aromatic carbocycles. The van der Waals surface area contributed by atoms with Gasteiger partial charge in [0.1, 0.15) is 0 Å². The van der Waals surface area contributed by atoms with Crippen molar-refractivity contribution in [2.75, 3.05) is 45.8 Å². The molecule has 1 aliphatic carbocycles. The standard InChI is InChI=1S/C22H41N5O.HI/c1-3-23-22(24-15-18(2)16-26-12-7-4-8-13-26)25-20-11-14-27(17-20)21(28)19-9-5-6-10-19;/h18-20H,3-17H2,1-2H3,(H2,23,24,25);1H. The fraction of sp³-hybridized carbons (Fsp3) is 0.909. The Hall–Kier alpha value is -0.570. The number of hydrogen-bond donors (Lipinski definition) is 2. The molecule has 0 aromatic heterocycles. The van der Waals surface area contributed by atoms with E-state index >= 15 is 0 Å². The van der Waals surface area contributed by atoms with Crippen molar-refractivity contribution in [1.29, 1.82) is 0 Å². The number of rotatable bonds is 7. The summed E-state index contributed by atoms with van der Waals surface area (Å²) in [6.07, 6.45) is 9.72. The van der Waals surface area contributed by atoms with Crippen molar-refractivity contribution in [3.8, 4) is 0 Å². The second-order valence-corrected chi connectivity index (χ2v) is 9.08. The van der Waals surface area contributed by atoms with Crippen LogP contribution in [0.5, 0.6) is 0 Å². The van der Waals surface area contributed by atoms with Crippen LogP contribution in [0.4, 0.5) is 0 Å². The van der Waals surface area contributed by atoms with Crippen LogP contribution >= 0.6 is 24.0 Å². The number of carbonyl (C=O) groups is 1. The number of hydrogen-bond acceptors (Lipinski definition) is 3. The third-order valence-corrected chi connectivity index (χ3v) is 6.47. The van der Waals surface area contributed by atoms with Crippen molar-refractivity contribution in [3.63, 3.8) is 0 Å². The van der Waals surface area contributed by atoms with Crippen molar-refractivity contribution >= 4 is 35.8 Å². The Morgan fingerprint density at radius 1 is 1.07 bits per heavy atom. The van der Waals surface area contributed by atoms with E-state index in [2.05, 4.69) is 34.3 Å². The van der Waals surface area contributed by atoms with Gasteiger partial charge in [-0.25, -0.2) is 0 Å². The van der Waals surface area contributed by atoms with Crippen LogP contribution in [0.1, 0.15) is 65.2 Å². The molecule has 0 spiro atoms. The zero-order chi connectivity index (χ0) is 19.8. The number of guanidine groups is 1. The molecule has 3 fully saturated rings. The molecule has 0 radical (unpaired) electrons. The summed E-state index contributed by atoms with van der Waals surface area (Å²) in [5.41, 5.74) is 0. The van der Waals surface area contributed by atoms with E-state index in [0.717, 1.165) is 57.9 Å². The van der Waals surface area contributed by atoms with Gasteiger partial charge in [-0.15, -0.1) is 24.0 Å². The summed E-state index contributed by atoms with van der Waals surface area (Å²) in [7, 11) is 0. The summed E-state index contributed by atoms with van der Waals surface area (Å²) in [6, 6.07) is 0.320. The van der Waals surface area contributed by atoms with Gasteiger partial charge in [0.15, 0.2) is 5.96 Å². The molecule has 7 heteroatoms. The summed E-state index contributed by atoms with van der Waals surface area (Å²) in [4.78, 5) is 22.2. The molecule has 2 aliphatic heterocycles. The number of amides is 1. The molecule has 2 atom stereocenters. The first kappa shape index (κ1) is 24.7. The third-order valence-electron chi connectivity index (χ3n) is 6.47. The van der Waals surface area contributed by atoms with Crippen molar-refractivity contribution in [2.45, 2.75) is 71.3 Å². The lowest BCUT2D eigenvalue weighted by Crippen LogP contribution is -2.45. The predicted octanol–water partition coefficient (Wildman–Crippen LogP) is 3.07. The van der Waals surface area contributed by atoms with E-state index in [9.17, 15) is 4.79 Å². The number of carbonyl (C=O) groups excluding carboxylic acids is 1. The maximum absolute atomic E-state index is 12.7. The molecule has 0 aromatic rings. The van der Waals surface area contributed by atoms with E-state index < -0.39 is 0 Å². The second-order valence-electron chi connectivity index (χ2n) is 9.08. The van der Waals surface area contributed by atoms with E-state index in [4.69, 9.17) is 4.99 Å². The van der Waals surface area contributed by atoms with Crippen LogP contribution in [0.2, 0.25) is 0 Å². The molecule has 2 unspecified atom stereocenters. The summed E-state index contributed by atoms with van der Waals surface area (Å²) in [5.74, 6) is 2.15. The number of halogens is 1. The number of piperidine rings is 1. The lowest BCUT2D eigenvalue weighted by atomic mass is 10.1. The molecule has 1 amide bonds. The first-order valence-corrected chi connectivity index (χ1v) is 11.7. The molecule has 1 saturated carbocycles. The highest BCUT2D eigenvalue weighted by Crippen LogP contribution is 2.27.